The van der Waals surface area contributed by atoms with Crippen LogP contribution in [0, 0.1) is 0 Å². The molecule has 0 spiro atoms. The fraction of sp³-hybridized carbons (Fsp3) is 0.533. The Hall–Kier alpha value is -0.820. The first-order valence-corrected chi connectivity index (χ1v) is 6.56. The Morgan fingerprint density at radius 2 is 2.05 bits per heavy atom. The lowest BCUT2D eigenvalue weighted by Gasteiger charge is -2.20. The number of hydrogen-bond donors (Lipinski definition) is 2. The van der Waals surface area contributed by atoms with Crippen molar-refractivity contribution in [3.05, 3.63) is 29.8 Å². The van der Waals surface area contributed by atoms with Crippen molar-refractivity contribution in [3.63, 3.8) is 0 Å². The van der Waals surface area contributed by atoms with Crippen molar-refractivity contribution >= 4 is 35.6 Å². The molecular weight excluding hydrogens is 365 g/mol. The summed E-state index contributed by atoms with van der Waals surface area (Å²) in [6.45, 7) is 8.80. The third kappa shape index (κ3) is 6.56. The van der Waals surface area contributed by atoms with E-state index in [9.17, 15) is 0 Å². The molecule has 0 bridgehead atoms. The number of ether oxygens (including phenoxy) is 1. The van der Waals surface area contributed by atoms with Gasteiger partial charge in [0.1, 0.15) is 0 Å². The zero-order valence-electron chi connectivity index (χ0n) is 12.9. The summed E-state index contributed by atoms with van der Waals surface area (Å²) >= 11 is 0. The van der Waals surface area contributed by atoms with Gasteiger partial charge in [0.15, 0.2) is 5.96 Å². The maximum Gasteiger partial charge on any atom is 0.193 e. The van der Waals surface area contributed by atoms with E-state index in [0.29, 0.717) is 18.4 Å². The molecule has 1 aromatic carbocycles. The topological polar surface area (TPSA) is 59.6 Å². The van der Waals surface area contributed by atoms with Crippen molar-refractivity contribution in [2.24, 2.45) is 10.7 Å². The van der Waals surface area contributed by atoms with Crippen LogP contribution in [-0.4, -0.2) is 25.2 Å². The monoisotopic (exact) mass is 391 g/mol. The third-order valence-electron chi connectivity index (χ3n) is 3.01. The molecule has 0 heterocycles. The highest BCUT2D eigenvalue weighted by Crippen LogP contribution is 2.18. The third-order valence-corrected chi connectivity index (χ3v) is 3.01. The summed E-state index contributed by atoms with van der Waals surface area (Å²) in [5.74, 6) is 0.901. The predicted octanol–water partition coefficient (Wildman–Crippen LogP) is 3.58. The van der Waals surface area contributed by atoms with Gasteiger partial charge in [-0.25, -0.2) is 0 Å². The number of anilines is 1. The Bertz CT molecular complexity index is 444. The molecule has 0 aliphatic rings. The van der Waals surface area contributed by atoms with E-state index < -0.39 is 0 Å². The van der Waals surface area contributed by atoms with Crippen molar-refractivity contribution in [2.45, 2.75) is 39.2 Å². The Balaban J connectivity index is 0.00000361. The van der Waals surface area contributed by atoms with E-state index in [0.717, 1.165) is 5.69 Å². The van der Waals surface area contributed by atoms with Crippen LogP contribution in [0.5, 0.6) is 0 Å². The molecule has 0 amide bonds. The minimum absolute atomic E-state index is 0. The fourth-order valence-corrected chi connectivity index (χ4v) is 1.50. The lowest BCUT2D eigenvalue weighted by atomic mass is 10.0. The van der Waals surface area contributed by atoms with E-state index in [1.807, 2.05) is 26.0 Å². The molecular formula is C15H26IN3O. The van der Waals surface area contributed by atoms with Gasteiger partial charge in [-0.3, -0.25) is 4.99 Å². The van der Waals surface area contributed by atoms with E-state index in [-0.39, 0.29) is 29.6 Å². The van der Waals surface area contributed by atoms with Gasteiger partial charge in [0, 0.05) is 12.8 Å². The average molecular weight is 391 g/mol. The summed E-state index contributed by atoms with van der Waals surface area (Å²) in [7, 11) is 1.67. The van der Waals surface area contributed by atoms with Crippen molar-refractivity contribution in [3.8, 4) is 0 Å². The lowest BCUT2D eigenvalue weighted by Crippen LogP contribution is -2.30. The van der Waals surface area contributed by atoms with E-state index >= 15 is 0 Å². The molecule has 1 rings (SSSR count). The predicted molar refractivity (Wildman–Crippen MR) is 97.1 cm³/mol. The van der Waals surface area contributed by atoms with Crippen LogP contribution in [0.2, 0.25) is 0 Å². The minimum atomic E-state index is -0.300. The molecule has 0 unspecified atom stereocenters. The number of guanidine groups is 1. The number of benzene rings is 1. The molecule has 0 fully saturated rings. The van der Waals surface area contributed by atoms with Crippen molar-refractivity contribution < 1.29 is 4.74 Å². The number of hydrogen-bond acceptors (Lipinski definition) is 2. The van der Waals surface area contributed by atoms with Crippen LogP contribution in [0.15, 0.2) is 29.3 Å². The second-order valence-electron chi connectivity index (χ2n) is 5.57. The normalized spacial score (nSPS) is 12.2. The van der Waals surface area contributed by atoms with Gasteiger partial charge in [-0.05, 0) is 37.5 Å². The van der Waals surface area contributed by atoms with Gasteiger partial charge in [0.2, 0.25) is 0 Å². The highest BCUT2D eigenvalue weighted by atomic mass is 127. The summed E-state index contributed by atoms with van der Waals surface area (Å²) in [5.41, 5.74) is 7.81. The zero-order chi connectivity index (χ0) is 14.5. The number of aliphatic imine (C=N–C) groups is 1. The van der Waals surface area contributed by atoms with E-state index in [4.69, 9.17) is 10.5 Å². The van der Waals surface area contributed by atoms with Crippen molar-refractivity contribution in [2.75, 3.05) is 19.0 Å². The molecule has 114 valence electrons. The Morgan fingerprint density at radius 1 is 1.40 bits per heavy atom. The van der Waals surface area contributed by atoms with Crippen LogP contribution in [0.1, 0.15) is 39.2 Å². The number of methoxy groups -OCH3 is 1. The van der Waals surface area contributed by atoms with Gasteiger partial charge in [0.05, 0.1) is 12.1 Å². The molecule has 0 atom stereocenters. The number of halogens is 1. The Kier molecular flexibility index (Phi) is 8.12. The average Bonchev–Trinajstić information content (AvgIpc) is 2.37. The smallest absolute Gasteiger partial charge is 0.193 e. The molecule has 0 radical (unpaired) electrons. The lowest BCUT2D eigenvalue weighted by molar-refractivity contribution is 0.0312. The second-order valence-corrected chi connectivity index (χ2v) is 5.57. The number of nitrogens with zero attached hydrogens (tertiary/aromatic N) is 1. The maximum absolute atomic E-state index is 5.88. The number of nitrogens with one attached hydrogen (secondary N) is 1. The second kappa shape index (κ2) is 8.46. The molecule has 3 N–H and O–H groups in total. The Morgan fingerprint density at radius 3 is 2.60 bits per heavy atom. The van der Waals surface area contributed by atoms with Crippen molar-refractivity contribution in [1.82, 2.24) is 0 Å². The molecule has 0 aromatic heterocycles. The van der Waals surface area contributed by atoms with Crippen LogP contribution in [-0.2, 0) is 4.74 Å². The molecule has 5 heteroatoms. The summed E-state index contributed by atoms with van der Waals surface area (Å²) in [6.07, 6.45) is 0. The molecule has 0 aliphatic carbocycles. The van der Waals surface area contributed by atoms with Crippen LogP contribution in [0.3, 0.4) is 0 Å². The SMILES string of the molecule is COC(C)(C)CN=C(N)Nc1cccc(C(C)C)c1.I. The summed E-state index contributed by atoms with van der Waals surface area (Å²) in [4.78, 5) is 4.29. The van der Waals surface area contributed by atoms with Crippen LogP contribution in [0.25, 0.3) is 0 Å². The zero-order valence-corrected chi connectivity index (χ0v) is 15.3. The van der Waals surface area contributed by atoms with E-state index in [1.165, 1.54) is 5.56 Å². The van der Waals surface area contributed by atoms with Gasteiger partial charge < -0.3 is 15.8 Å². The first-order valence-electron chi connectivity index (χ1n) is 6.56. The van der Waals surface area contributed by atoms with Gasteiger partial charge >= 0.3 is 0 Å². The van der Waals surface area contributed by atoms with Crippen molar-refractivity contribution in [1.29, 1.82) is 0 Å². The fourth-order valence-electron chi connectivity index (χ4n) is 1.50. The minimum Gasteiger partial charge on any atom is -0.377 e. The Labute approximate surface area is 139 Å². The highest BCUT2D eigenvalue weighted by molar-refractivity contribution is 14.0. The maximum atomic E-state index is 5.88. The standard InChI is InChI=1S/C15H25N3O.HI/c1-11(2)12-7-6-8-13(9-12)18-14(16)17-10-15(3,4)19-5;/h6-9,11H,10H2,1-5H3,(H3,16,17,18);1H. The highest BCUT2D eigenvalue weighted by Gasteiger charge is 2.15. The molecule has 20 heavy (non-hydrogen) atoms. The van der Waals surface area contributed by atoms with E-state index in [1.54, 1.807) is 7.11 Å². The molecule has 0 aliphatic heterocycles. The summed E-state index contributed by atoms with van der Waals surface area (Å²) in [5, 5.41) is 3.11. The molecule has 0 saturated carbocycles. The number of nitrogens with two attached hydrogens (primary N) is 1. The van der Waals surface area contributed by atoms with Gasteiger partial charge in [-0.15, -0.1) is 24.0 Å². The summed E-state index contributed by atoms with van der Waals surface area (Å²) < 4.78 is 5.30. The largest absolute Gasteiger partial charge is 0.377 e. The van der Waals surface area contributed by atoms with Crippen LogP contribution in [0.4, 0.5) is 5.69 Å². The molecule has 0 saturated heterocycles. The summed E-state index contributed by atoms with van der Waals surface area (Å²) in [6, 6.07) is 8.20. The number of rotatable bonds is 5. The first-order chi connectivity index (χ1) is 8.84. The quantitative estimate of drug-likeness (QED) is 0.458. The van der Waals surface area contributed by atoms with Crippen LogP contribution < -0.4 is 11.1 Å². The molecule has 4 nitrogen and oxygen atoms in total. The van der Waals surface area contributed by atoms with E-state index in [2.05, 4.69) is 36.3 Å². The van der Waals surface area contributed by atoms with Crippen LogP contribution >= 0.6 is 24.0 Å². The van der Waals surface area contributed by atoms with Gasteiger partial charge in [0.25, 0.3) is 0 Å². The van der Waals surface area contributed by atoms with Gasteiger partial charge in [-0.1, -0.05) is 26.0 Å². The van der Waals surface area contributed by atoms with Gasteiger partial charge in [-0.2, -0.15) is 0 Å². The first kappa shape index (κ1) is 19.2. The molecule has 1 aromatic rings.